The SMILES string of the molecule is O=C(Nc1ccc(-c2cn3ccccc3n2)cc1)c1ccc(OC(F)(F)F)cc1. The summed E-state index contributed by atoms with van der Waals surface area (Å²) in [6.07, 6.45) is -0.953. The van der Waals surface area contributed by atoms with Crippen LogP contribution in [0.2, 0.25) is 0 Å². The molecular weight excluding hydrogens is 383 g/mol. The van der Waals surface area contributed by atoms with E-state index in [-0.39, 0.29) is 11.3 Å². The number of carbonyl (C=O) groups is 1. The monoisotopic (exact) mass is 397 g/mol. The predicted molar refractivity (Wildman–Crippen MR) is 102 cm³/mol. The van der Waals surface area contributed by atoms with Crippen LogP contribution in [0.5, 0.6) is 5.75 Å². The fraction of sp³-hybridized carbons (Fsp3) is 0.0476. The van der Waals surface area contributed by atoms with E-state index < -0.39 is 12.3 Å². The third-order valence-corrected chi connectivity index (χ3v) is 4.15. The number of fused-ring (bicyclic) bond motifs is 1. The van der Waals surface area contributed by atoms with Crippen LogP contribution in [0.1, 0.15) is 10.4 Å². The summed E-state index contributed by atoms with van der Waals surface area (Å²) in [6, 6.07) is 17.6. The number of imidazole rings is 1. The van der Waals surface area contributed by atoms with E-state index in [1.165, 1.54) is 12.1 Å². The zero-order valence-electron chi connectivity index (χ0n) is 14.9. The van der Waals surface area contributed by atoms with Gasteiger partial charge in [-0.1, -0.05) is 18.2 Å². The van der Waals surface area contributed by atoms with Crippen molar-refractivity contribution in [2.45, 2.75) is 6.36 Å². The normalized spacial score (nSPS) is 11.4. The van der Waals surface area contributed by atoms with Crippen LogP contribution in [-0.2, 0) is 0 Å². The molecule has 0 aliphatic rings. The van der Waals surface area contributed by atoms with Gasteiger partial charge >= 0.3 is 6.36 Å². The second kappa shape index (κ2) is 7.31. The lowest BCUT2D eigenvalue weighted by atomic mass is 10.1. The number of anilines is 1. The van der Waals surface area contributed by atoms with E-state index >= 15 is 0 Å². The summed E-state index contributed by atoms with van der Waals surface area (Å²) < 4.78 is 42.3. The standard InChI is InChI=1S/C21H14F3N3O2/c22-21(23,24)29-17-10-6-15(7-11-17)20(28)25-16-8-4-14(5-9-16)18-13-27-12-2-1-3-19(27)26-18/h1-13H,(H,25,28). The van der Waals surface area contributed by atoms with Gasteiger partial charge in [0.15, 0.2) is 0 Å². The fourth-order valence-electron chi connectivity index (χ4n) is 2.81. The fourth-order valence-corrected chi connectivity index (χ4v) is 2.81. The number of halogens is 3. The van der Waals surface area contributed by atoms with E-state index in [1.807, 2.05) is 47.1 Å². The number of nitrogens with one attached hydrogen (secondary N) is 1. The van der Waals surface area contributed by atoms with Gasteiger partial charge in [-0.15, -0.1) is 13.2 Å². The van der Waals surface area contributed by atoms with Crippen molar-refractivity contribution < 1.29 is 22.7 Å². The van der Waals surface area contributed by atoms with Gasteiger partial charge in [0.1, 0.15) is 11.4 Å². The van der Waals surface area contributed by atoms with Crippen molar-refractivity contribution in [1.29, 1.82) is 0 Å². The van der Waals surface area contributed by atoms with Crippen LogP contribution in [0.4, 0.5) is 18.9 Å². The molecule has 0 aliphatic heterocycles. The Bertz CT molecular complexity index is 1120. The first-order valence-corrected chi connectivity index (χ1v) is 8.59. The Morgan fingerprint density at radius 3 is 2.34 bits per heavy atom. The van der Waals surface area contributed by atoms with E-state index in [2.05, 4.69) is 15.0 Å². The van der Waals surface area contributed by atoms with Crippen LogP contribution in [0.3, 0.4) is 0 Å². The van der Waals surface area contributed by atoms with E-state index in [1.54, 1.807) is 12.1 Å². The summed E-state index contributed by atoms with van der Waals surface area (Å²) in [4.78, 5) is 16.8. The van der Waals surface area contributed by atoms with Crippen LogP contribution in [-0.4, -0.2) is 21.7 Å². The first kappa shape index (κ1) is 18.5. The average Bonchev–Trinajstić information content (AvgIpc) is 3.12. The lowest BCUT2D eigenvalue weighted by Crippen LogP contribution is -2.17. The Hall–Kier alpha value is -3.81. The van der Waals surface area contributed by atoms with Crippen LogP contribution in [0.15, 0.2) is 79.1 Å². The van der Waals surface area contributed by atoms with Gasteiger partial charge in [-0.2, -0.15) is 0 Å². The molecule has 2 aromatic heterocycles. The number of alkyl halides is 3. The second-order valence-electron chi connectivity index (χ2n) is 6.20. The molecule has 2 aromatic carbocycles. The molecule has 0 spiro atoms. The molecule has 4 aromatic rings. The Labute approximate surface area is 163 Å². The Morgan fingerprint density at radius 1 is 0.966 bits per heavy atom. The molecular formula is C21H14F3N3O2. The highest BCUT2D eigenvalue weighted by Crippen LogP contribution is 2.24. The Morgan fingerprint density at radius 2 is 1.69 bits per heavy atom. The average molecular weight is 397 g/mol. The summed E-state index contributed by atoms with van der Waals surface area (Å²) in [5.74, 6) is -0.824. The largest absolute Gasteiger partial charge is 0.573 e. The van der Waals surface area contributed by atoms with Gasteiger partial charge in [-0.25, -0.2) is 4.98 Å². The number of hydrogen-bond acceptors (Lipinski definition) is 3. The van der Waals surface area contributed by atoms with E-state index in [4.69, 9.17) is 0 Å². The molecule has 0 saturated heterocycles. The van der Waals surface area contributed by atoms with Crippen molar-refractivity contribution in [2.75, 3.05) is 5.32 Å². The van der Waals surface area contributed by atoms with E-state index in [0.717, 1.165) is 29.0 Å². The first-order chi connectivity index (χ1) is 13.9. The van der Waals surface area contributed by atoms with Crippen LogP contribution < -0.4 is 10.1 Å². The van der Waals surface area contributed by atoms with Crippen molar-refractivity contribution in [2.24, 2.45) is 0 Å². The minimum Gasteiger partial charge on any atom is -0.406 e. The highest BCUT2D eigenvalue weighted by Gasteiger charge is 2.31. The molecule has 0 unspecified atom stereocenters. The van der Waals surface area contributed by atoms with Crippen molar-refractivity contribution in [3.63, 3.8) is 0 Å². The molecule has 146 valence electrons. The number of carbonyl (C=O) groups excluding carboxylic acids is 1. The molecule has 2 heterocycles. The lowest BCUT2D eigenvalue weighted by molar-refractivity contribution is -0.274. The van der Waals surface area contributed by atoms with Crippen molar-refractivity contribution in [3.05, 3.63) is 84.7 Å². The zero-order valence-corrected chi connectivity index (χ0v) is 14.9. The number of nitrogens with zero attached hydrogens (tertiary/aromatic N) is 2. The quantitative estimate of drug-likeness (QED) is 0.518. The van der Waals surface area contributed by atoms with Gasteiger partial charge in [0.2, 0.25) is 0 Å². The number of rotatable bonds is 4. The van der Waals surface area contributed by atoms with Gasteiger partial charge in [-0.05, 0) is 48.5 Å². The van der Waals surface area contributed by atoms with E-state index in [9.17, 15) is 18.0 Å². The minimum atomic E-state index is -4.77. The smallest absolute Gasteiger partial charge is 0.406 e. The molecule has 0 bridgehead atoms. The molecule has 5 nitrogen and oxygen atoms in total. The lowest BCUT2D eigenvalue weighted by Gasteiger charge is -2.09. The predicted octanol–water partition coefficient (Wildman–Crippen LogP) is 5.15. The number of benzene rings is 2. The topological polar surface area (TPSA) is 55.6 Å². The number of ether oxygens (including phenoxy) is 1. The molecule has 4 rings (SSSR count). The molecule has 8 heteroatoms. The van der Waals surface area contributed by atoms with E-state index in [0.29, 0.717) is 5.69 Å². The van der Waals surface area contributed by atoms with Gasteiger partial charge in [0.05, 0.1) is 5.69 Å². The molecule has 0 fully saturated rings. The Balaban J connectivity index is 1.45. The maximum Gasteiger partial charge on any atom is 0.573 e. The molecule has 0 radical (unpaired) electrons. The van der Waals surface area contributed by atoms with Crippen LogP contribution >= 0.6 is 0 Å². The Kier molecular flexibility index (Phi) is 4.67. The molecule has 1 N–H and O–H groups in total. The summed E-state index contributed by atoms with van der Waals surface area (Å²) in [5, 5.41) is 2.70. The molecule has 1 amide bonds. The molecule has 0 atom stereocenters. The number of hydrogen-bond donors (Lipinski definition) is 1. The third-order valence-electron chi connectivity index (χ3n) is 4.15. The van der Waals surface area contributed by atoms with Crippen molar-refractivity contribution in [3.8, 4) is 17.0 Å². The number of amides is 1. The van der Waals surface area contributed by atoms with Gasteiger partial charge in [0.25, 0.3) is 5.91 Å². The zero-order chi connectivity index (χ0) is 20.4. The van der Waals surface area contributed by atoms with Crippen LogP contribution in [0, 0.1) is 0 Å². The summed E-state index contributed by atoms with van der Waals surface area (Å²) in [7, 11) is 0. The van der Waals surface area contributed by atoms with Gasteiger partial charge in [0, 0.05) is 29.2 Å². The maximum atomic E-state index is 12.3. The summed E-state index contributed by atoms with van der Waals surface area (Å²) >= 11 is 0. The highest BCUT2D eigenvalue weighted by atomic mass is 19.4. The van der Waals surface area contributed by atoms with Crippen molar-refractivity contribution >= 4 is 17.2 Å². The number of aromatic nitrogens is 2. The van der Waals surface area contributed by atoms with Gasteiger partial charge < -0.3 is 14.5 Å². The minimum absolute atomic E-state index is 0.212. The molecule has 0 saturated carbocycles. The maximum absolute atomic E-state index is 12.3. The number of pyridine rings is 1. The van der Waals surface area contributed by atoms with Gasteiger partial charge in [-0.3, -0.25) is 4.79 Å². The molecule has 0 aliphatic carbocycles. The summed E-state index contributed by atoms with van der Waals surface area (Å²) in [5.41, 5.74) is 3.29. The summed E-state index contributed by atoms with van der Waals surface area (Å²) in [6.45, 7) is 0. The van der Waals surface area contributed by atoms with Crippen LogP contribution in [0.25, 0.3) is 16.9 Å². The second-order valence-corrected chi connectivity index (χ2v) is 6.20. The molecule has 29 heavy (non-hydrogen) atoms. The third kappa shape index (κ3) is 4.37. The first-order valence-electron chi connectivity index (χ1n) is 8.59. The highest BCUT2D eigenvalue weighted by molar-refractivity contribution is 6.04. The van der Waals surface area contributed by atoms with Crippen molar-refractivity contribution in [1.82, 2.24) is 9.38 Å².